The van der Waals surface area contributed by atoms with Crippen molar-refractivity contribution < 1.29 is 4.74 Å². The van der Waals surface area contributed by atoms with Crippen molar-refractivity contribution in [2.24, 2.45) is 10.9 Å². The summed E-state index contributed by atoms with van der Waals surface area (Å²) < 4.78 is 5.29. The summed E-state index contributed by atoms with van der Waals surface area (Å²) >= 11 is 0. The van der Waals surface area contributed by atoms with E-state index in [2.05, 4.69) is 15.6 Å². The smallest absolute Gasteiger partial charge is 0.190 e. The molecule has 17 heavy (non-hydrogen) atoms. The Hall–Kier alpha value is -0.770. The van der Waals surface area contributed by atoms with Crippen molar-refractivity contribution in [3.63, 3.8) is 0 Å². The summed E-state index contributed by atoms with van der Waals surface area (Å²) in [6, 6.07) is 0. The van der Waals surface area contributed by atoms with E-state index in [0.717, 1.165) is 51.0 Å². The molecule has 0 amide bonds. The van der Waals surface area contributed by atoms with E-state index in [1.54, 1.807) is 0 Å². The summed E-state index contributed by atoms with van der Waals surface area (Å²) in [4.78, 5) is 4.20. The number of hydrogen-bond acceptors (Lipinski definition) is 2. The molecule has 1 rings (SSSR count). The van der Waals surface area contributed by atoms with Gasteiger partial charge in [-0.25, -0.2) is 0 Å². The van der Waals surface area contributed by atoms with Gasteiger partial charge in [-0.3, -0.25) is 4.99 Å². The zero-order valence-electron chi connectivity index (χ0n) is 11.3. The van der Waals surface area contributed by atoms with Crippen LogP contribution in [-0.2, 0) is 4.74 Å². The highest BCUT2D eigenvalue weighted by Gasteiger charge is 2.20. The third-order valence-corrected chi connectivity index (χ3v) is 2.98. The Kier molecular flexibility index (Phi) is 7.80. The second-order valence-electron chi connectivity index (χ2n) is 4.56. The zero-order chi connectivity index (χ0) is 12.3. The molecule has 4 heteroatoms. The minimum atomic E-state index is 0.817. The predicted molar refractivity (Wildman–Crippen MR) is 72.4 cm³/mol. The number of nitrogens with zero attached hydrogens (tertiary/aromatic N) is 1. The molecular weight excluding hydrogens is 214 g/mol. The molecule has 0 atom stereocenters. The quantitative estimate of drug-likeness (QED) is 0.367. The number of aliphatic imine (C=N–C) groups is 1. The van der Waals surface area contributed by atoms with Crippen LogP contribution in [0.1, 0.15) is 39.0 Å². The molecule has 1 aliphatic rings. The maximum atomic E-state index is 5.29. The molecule has 0 aromatic carbocycles. The summed E-state index contributed by atoms with van der Waals surface area (Å²) in [5.41, 5.74) is 0. The fourth-order valence-corrected chi connectivity index (χ4v) is 1.70. The fraction of sp³-hybridized carbons (Fsp3) is 0.923. The van der Waals surface area contributed by atoms with Gasteiger partial charge in [-0.05, 0) is 32.1 Å². The van der Waals surface area contributed by atoms with E-state index in [4.69, 9.17) is 4.74 Å². The average molecular weight is 241 g/mol. The highest BCUT2D eigenvalue weighted by atomic mass is 16.5. The average Bonchev–Trinajstić information content (AvgIpc) is 3.15. The third kappa shape index (κ3) is 8.02. The van der Waals surface area contributed by atoms with Crippen molar-refractivity contribution in [1.82, 2.24) is 10.6 Å². The second-order valence-corrected chi connectivity index (χ2v) is 4.56. The minimum absolute atomic E-state index is 0.817. The third-order valence-electron chi connectivity index (χ3n) is 2.98. The van der Waals surface area contributed by atoms with Crippen LogP contribution in [0.5, 0.6) is 0 Å². The summed E-state index contributed by atoms with van der Waals surface area (Å²) in [5, 5.41) is 6.67. The van der Waals surface area contributed by atoms with Gasteiger partial charge in [0.2, 0.25) is 0 Å². The van der Waals surface area contributed by atoms with Crippen LogP contribution in [0.3, 0.4) is 0 Å². The Morgan fingerprint density at radius 3 is 2.65 bits per heavy atom. The van der Waals surface area contributed by atoms with Crippen LogP contribution in [0.4, 0.5) is 0 Å². The number of ether oxygens (including phenoxy) is 1. The van der Waals surface area contributed by atoms with E-state index in [0.29, 0.717) is 0 Å². The molecule has 0 unspecified atom stereocenters. The molecule has 100 valence electrons. The number of unbranched alkanes of at least 4 members (excludes halogenated alkanes) is 1. The summed E-state index contributed by atoms with van der Waals surface area (Å²) in [6.45, 7) is 5.73. The first-order valence-electron chi connectivity index (χ1n) is 6.89. The fourth-order valence-electron chi connectivity index (χ4n) is 1.70. The molecule has 0 spiro atoms. The van der Waals surface area contributed by atoms with Gasteiger partial charge in [0.25, 0.3) is 0 Å². The van der Waals surface area contributed by atoms with Gasteiger partial charge >= 0.3 is 0 Å². The van der Waals surface area contributed by atoms with E-state index < -0.39 is 0 Å². The van der Waals surface area contributed by atoms with Crippen molar-refractivity contribution in [2.45, 2.75) is 39.0 Å². The van der Waals surface area contributed by atoms with Gasteiger partial charge in [0.1, 0.15) is 0 Å². The Morgan fingerprint density at radius 2 is 2.00 bits per heavy atom. The first-order chi connectivity index (χ1) is 8.36. The van der Waals surface area contributed by atoms with Gasteiger partial charge in [-0.2, -0.15) is 0 Å². The lowest BCUT2D eigenvalue weighted by Gasteiger charge is -2.11. The summed E-state index contributed by atoms with van der Waals surface area (Å²) in [5.74, 6) is 1.91. The monoisotopic (exact) mass is 241 g/mol. The van der Waals surface area contributed by atoms with Crippen molar-refractivity contribution in [3.8, 4) is 0 Å². The van der Waals surface area contributed by atoms with Crippen molar-refractivity contribution in [3.05, 3.63) is 0 Å². The van der Waals surface area contributed by atoms with Gasteiger partial charge in [0, 0.05) is 33.4 Å². The van der Waals surface area contributed by atoms with Gasteiger partial charge in [0.15, 0.2) is 5.96 Å². The molecule has 0 bridgehead atoms. The summed E-state index contributed by atoms with van der Waals surface area (Å²) in [7, 11) is 1.83. The molecule has 1 aliphatic carbocycles. The van der Waals surface area contributed by atoms with Crippen molar-refractivity contribution in [2.75, 3.05) is 33.4 Å². The zero-order valence-corrected chi connectivity index (χ0v) is 11.3. The van der Waals surface area contributed by atoms with E-state index in [1.165, 1.54) is 19.3 Å². The Labute approximate surface area is 105 Å². The molecule has 0 aromatic heterocycles. The highest BCUT2D eigenvalue weighted by molar-refractivity contribution is 5.79. The molecule has 4 nitrogen and oxygen atoms in total. The maximum absolute atomic E-state index is 5.29. The Balaban J connectivity index is 1.90. The molecule has 0 aromatic rings. The van der Waals surface area contributed by atoms with E-state index in [9.17, 15) is 0 Å². The van der Waals surface area contributed by atoms with Crippen LogP contribution >= 0.6 is 0 Å². The number of rotatable bonds is 9. The molecule has 1 fully saturated rings. The van der Waals surface area contributed by atoms with Crippen molar-refractivity contribution >= 4 is 5.96 Å². The lowest BCUT2D eigenvalue weighted by Crippen LogP contribution is -2.38. The maximum Gasteiger partial charge on any atom is 0.190 e. The standard InChI is InChI=1S/C13H27N3O/c1-3-17-11-5-4-9-15-13(14-2)16-10-8-12-6-7-12/h12H,3-11H2,1-2H3,(H2,14,15,16). The van der Waals surface area contributed by atoms with Gasteiger partial charge in [-0.1, -0.05) is 12.8 Å². The number of guanidine groups is 1. The van der Waals surface area contributed by atoms with Crippen LogP contribution in [0.2, 0.25) is 0 Å². The Morgan fingerprint density at radius 1 is 1.24 bits per heavy atom. The second kappa shape index (κ2) is 9.28. The summed E-state index contributed by atoms with van der Waals surface area (Å²) in [6.07, 6.45) is 6.37. The van der Waals surface area contributed by atoms with Crippen LogP contribution < -0.4 is 10.6 Å². The van der Waals surface area contributed by atoms with E-state index in [1.807, 2.05) is 14.0 Å². The van der Waals surface area contributed by atoms with Crippen molar-refractivity contribution in [1.29, 1.82) is 0 Å². The number of nitrogens with one attached hydrogen (secondary N) is 2. The predicted octanol–water partition coefficient (Wildman–Crippen LogP) is 1.77. The molecule has 2 N–H and O–H groups in total. The molecule has 0 aliphatic heterocycles. The minimum Gasteiger partial charge on any atom is -0.382 e. The van der Waals surface area contributed by atoms with Gasteiger partial charge in [0.05, 0.1) is 0 Å². The van der Waals surface area contributed by atoms with Crippen LogP contribution in [0.15, 0.2) is 4.99 Å². The highest BCUT2D eigenvalue weighted by Crippen LogP contribution is 2.31. The molecule has 0 saturated heterocycles. The van der Waals surface area contributed by atoms with E-state index in [-0.39, 0.29) is 0 Å². The van der Waals surface area contributed by atoms with E-state index >= 15 is 0 Å². The Bertz CT molecular complexity index is 215. The molecule has 1 saturated carbocycles. The van der Waals surface area contributed by atoms with Crippen LogP contribution in [0, 0.1) is 5.92 Å². The normalized spacial score (nSPS) is 16.0. The molecule has 0 heterocycles. The topological polar surface area (TPSA) is 45.6 Å². The van der Waals surface area contributed by atoms with Crippen LogP contribution in [-0.4, -0.2) is 39.3 Å². The SMILES string of the molecule is CCOCCCCNC(=NC)NCCC1CC1. The lowest BCUT2D eigenvalue weighted by molar-refractivity contribution is 0.143. The first-order valence-corrected chi connectivity index (χ1v) is 6.89. The molecular formula is C13H27N3O. The van der Waals surface area contributed by atoms with Crippen LogP contribution in [0.25, 0.3) is 0 Å². The van der Waals surface area contributed by atoms with Gasteiger partial charge < -0.3 is 15.4 Å². The van der Waals surface area contributed by atoms with Gasteiger partial charge in [-0.15, -0.1) is 0 Å². The first kappa shape index (κ1) is 14.3. The lowest BCUT2D eigenvalue weighted by atomic mass is 10.3. The number of hydrogen-bond donors (Lipinski definition) is 2. The molecule has 0 radical (unpaired) electrons. The largest absolute Gasteiger partial charge is 0.382 e.